The monoisotopic (exact) mass is 779 g/mol. The predicted octanol–water partition coefficient (Wildman–Crippen LogP) is 15.2. The minimum absolute atomic E-state index is 0.0666. The Balaban J connectivity index is 4.23. The summed E-state index contributed by atoms with van der Waals surface area (Å²) >= 11 is 0. The third-order valence-electron chi connectivity index (χ3n) is 10.9. The van der Waals surface area contributed by atoms with E-state index < -0.39 is 6.10 Å². The Bertz CT molecular complexity index is 852. The third kappa shape index (κ3) is 43.4. The van der Waals surface area contributed by atoms with Crippen LogP contribution in [0, 0.1) is 17.8 Å². The van der Waals surface area contributed by atoms with E-state index in [1.165, 1.54) is 141 Å². The molecule has 55 heavy (non-hydrogen) atoms. The summed E-state index contributed by atoms with van der Waals surface area (Å²) in [4.78, 5) is 37.7. The fourth-order valence-electron chi connectivity index (χ4n) is 7.23. The lowest BCUT2D eigenvalue weighted by Crippen LogP contribution is -2.30. The van der Waals surface area contributed by atoms with E-state index in [0.717, 1.165) is 75.5 Å². The average molecular weight is 779 g/mol. The second kappa shape index (κ2) is 40.6. The maximum atomic E-state index is 12.7. The van der Waals surface area contributed by atoms with E-state index in [4.69, 9.17) is 14.2 Å². The van der Waals surface area contributed by atoms with Crippen molar-refractivity contribution in [3.63, 3.8) is 0 Å². The molecular weight excluding hydrogens is 685 g/mol. The Morgan fingerprint density at radius 3 is 0.782 bits per heavy atom. The molecule has 0 radical (unpaired) electrons. The van der Waals surface area contributed by atoms with Crippen LogP contribution < -0.4 is 0 Å². The molecule has 0 heterocycles. The zero-order chi connectivity index (χ0) is 40.6. The molecule has 1 atom stereocenters. The lowest BCUT2D eigenvalue weighted by molar-refractivity contribution is -0.167. The predicted molar refractivity (Wildman–Crippen MR) is 233 cm³/mol. The van der Waals surface area contributed by atoms with Crippen molar-refractivity contribution in [2.45, 2.75) is 266 Å². The molecule has 0 bridgehead atoms. The standard InChI is InChI=1S/C49H94O6/c1-43(2)35-29-23-17-14-12-10-8-7-9-11-13-15-19-26-32-38-47(50)53-41-46(42-54-48(51)39-33-27-22-21-25-31-37-45(5)6)55-49(52)40-34-28-20-16-18-24-30-36-44(3)4/h43-46H,7-42H2,1-6H3/t46-/m1/s1. The maximum absolute atomic E-state index is 12.7. The first-order valence-corrected chi connectivity index (χ1v) is 24.1. The molecule has 326 valence electrons. The van der Waals surface area contributed by atoms with Crippen molar-refractivity contribution in [2.24, 2.45) is 17.8 Å². The summed E-state index contributed by atoms with van der Waals surface area (Å²) in [7, 11) is 0. The second-order valence-corrected chi connectivity index (χ2v) is 18.2. The van der Waals surface area contributed by atoms with Gasteiger partial charge in [0.2, 0.25) is 0 Å². The average Bonchev–Trinajstić information content (AvgIpc) is 3.13. The highest BCUT2D eigenvalue weighted by Crippen LogP contribution is 2.17. The summed E-state index contributed by atoms with van der Waals surface area (Å²) in [5, 5.41) is 0. The van der Waals surface area contributed by atoms with Crippen molar-refractivity contribution in [1.29, 1.82) is 0 Å². The molecule has 0 aliphatic heterocycles. The van der Waals surface area contributed by atoms with E-state index in [9.17, 15) is 14.4 Å². The fourth-order valence-corrected chi connectivity index (χ4v) is 7.23. The van der Waals surface area contributed by atoms with Gasteiger partial charge >= 0.3 is 17.9 Å². The molecule has 0 unspecified atom stereocenters. The molecule has 0 spiro atoms. The van der Waals surface area contributed by atoms with Gasteiger partial charge in [0.15, 0.2) is 6.10 Å². The minimum Gasteiger partial charge on any atom is -0.462 e. The topological polar surface area (TPSA) is 78.9 Å². The number of carbonyl (C=O) groups is 3. The number of hydrogen-bond donors (Lipinski definition) is 0. The minimum atomic E-state index is -0.762. The molecule has 0 saturated carbocycles. The van der Waals surface area contributed by atoms with Gasteiger partial charge < -0.3 is 14.2 Å². The zero-order valence-electron chi connectivity index (χ0n) is 37.7. The van der Waals surface area contributed by atoms with Crippen LogP contribution in [0.2, 0.25) is 0 Å². The Labute approximate surface area is 342 Å². The highest BCUT2D eigenvalue weighted by atomic mass is 16.6. The van der Waals surface area contributed by atoms with Crippen molar-refractivity contribution in [1.82, 2.24) is 0 Å². The number of ether oxygens (including phenoxy) is 3. The number of hydrogen-bond acceptors (Lipinski definition) is 6. The van der Waals surface area contributed by atoms with E-state index in [2.05, 4.69) is 41.5 Å². The summed E-state index contributed by atoms with van der Waals surface area (Å²) in [6.45, 7) is 13.6. The molecule has 6 nitrogen and oxygen atoms in total. The molecule has 0 amide bonds. The summed E-state index contributed by atoms with van der Waals surface area (Å²) in [5.41, 5.74) is 0. The Hall–Kier alpha value is -1.59. The van der Waals surface area contributed by atoms with Gasteiger partial charge in [0.25, 0.3) is 0 Å². The van der Waals surface area contributed by atoms with Crippen LogP contribution in [0.15, 0.2) is 0 Å². The van der Waals surface area contributed by atoms with Crippen molar-refractivity contribution < 1.29 is 28.6 Å². The third-order valence-corrected chi connectivity index (χ3v) is 10.9. The maximum Gasteiger partial charge on any atom is 0.306 e. The van der Waals surface area contributed by atoms with E-state index in [0.29, 0.717) is 19.3 Å². The number of unbranched alkanes of at least 4 members (excludes halogenated alkanes) is 25. The fraction of sp³-hybridized carbons (Fsp3) is 0.939. The summed E-state index contributed by atoms with van der Waals surface area (Å²) in [5.74, 6) is 1.52. The summed E-state index contributed by atoms with van der Waals surface area (Å²) < 4.78 is 16.7. The summed E-state index contributed by atoms with van der Waals surface area (Å²) in [6.07, 6.45) is 38.3. The van der Waals surface area contributed by atoms with Crippen LogP contribution in [0.4, 0.5) is 0 Å². The molecule has 0 aromatic rings. The van der Waals surface area contributed by atoms with Gasteiger partial charge in [-0.1, -0.05) is 221 Å². The molecule has 0 aromatic heterocycles. The van der Waals surface area contributed by atoms with Gasteiger partial charge in [0.1, 0.15) is 13.2 Å². The van der Waals surface area contributed by atoms with Gasteiger partial charge in [-0.05, 0) is 37.0 Å². The van der Waals surface area contributed by atoms with Crippen LogP contribution in [0.5, 0.6) is 0 Å². The van der Waals surface area contributed by atoms with Gasteiger partial charge in [0.05, 0.1) is 0 Å². The van der Waals surface area contributed by atoms with Crippen molar-refractivity contribution in [3.05, 3.63) is 0 Å². The first kappa shape index (κ1) is 53.4. The smallest absolute Gasteiger partial charge is 0.306 e. The lowest BCUT2D eigenvalue weighted by Gasteiger charge is -2.18. The molecule has 6 heteroatoms. The molecule has 0 aliphatic carbocycles. The highest BCUT2D eigenvalue weighted by molar-refractivity contribution is 5.71. The Kier molecular flexibility index (Phi) is 39.4. The second-order valence-electron chi connectivity index (χ2n) is 18.2. The van der Waals surface area contributed by atoms with E-state index in [1.54, 1.807) is 0 Å². The molecule has 0 saturated heterocycles. The normalized spacial score (nSPS) is 12.2. The molecule has 0 aromatic carbocycles. The molecule has 0 rings (SSSR count). The summed E-state index contributed by atoms with van der Waals surface area (Å²) in [6, 6.07) is 0. The molecule has 0 aliphatic rings. The van der Waals surface area contributed by atoms with Crippen LogP contribution in [-0.4, -0.2) is 37.2 Å². The number of carbonyl (C=O) groups excluding carboxylic acids is 3. The van der Waals surface area contributed by atoms with E-state index in [1.807, 2.05) is 0 Å². The largest absolute Gasteiger partial charge is 0.462 e. The number of rotatable bonds is 42. The van der Waals surface area contributed by atoms with Crippen LogP contribution in [0.1, 0.15) is 260 Å². The first-order chi connectivity index (χ1) is 26.6. The molecule has 0 N–H and O–H groups in total. The van der Waals surface area contributed by atoms with Gasteiger partial charge in [-0.15, -0.1) is 0 Å². The first-order valence-electron chi connectivity index (χ1n) is 24.1. The van der Waals surface area contributed by atoms with Crippen molar-refractivity contribution >= 4 is 17.9 Å². The van der Waals surface area contributed by atoms with Gasteiger partial charge in [-0.25, -0.2) is 0 Å². The van der Waals surface area contributed by atoms with Crippen molar-refractivity contribution in [3.8, 4) is 0 Å². The van der Waals surface area contributed by atoms with Crippen LogP contribution in [0.3, 0.4) is 0 Å². The van der Waals surface area contributed by atoms with Crippen LogP contribution in [-0.2, 0) is 28.6 Å². The van der Waals surface area contributed by atoms with E-state index >= 15 is 0 Å². The lowest BCUT2D eigenvalue weighted by atomic mass is 10.0. The Morgan fingerprint density at radius 1 is 0.309 bits per heavy atom. The zero-order valence-corrected chi connectivity index (χ0v) is 37.7. The highest BCUT2D eigenvalue weighted by Gasteiger charge is 2.19. The molecular formula is C49H94O6. The van der Waals surface area contributed by atoms with Gasteiger partial charge in [-0.3, -0.25) is 14.4 Å². The Morgan fingerprint density at radius 2 is 0.527 bits per heavy atom. The van der Waals surface area contributed by atoms with Gasteiger partial charge in [-0.2, -0.15) is 0 Å². The van der Waals surface area contributed by atoms with E-state index in [-0.39, 0.29) is 31.1 Å². The van der Waals surface area contributed by atoms with Crippen LogP contribution >= 0.6 is 0 Å². The van der Waals surface area contributed by atoms with Crippen molar-refractivity contribution in [2.75, 3.05) is 13.2 Å². The van der Waals surface area contributed by atoms with Crippen LogP contribution in [0.25, 0.3) is 0 Å². The SMILES string of the molecule is CC(C)CCCCCCCCCCCCCCCCCC(=O)OC[C@H](COC(=O)CCCCCCCCC(C)C)OC(=O)CCCCCCCCCC(C)C. The molecule has 0 fully saturated rings. The van der Waals surface area contributed by atoms with Gasteiger partial charge in [0, 0.05) is 19.3 Å². The quantitative estimate of drug-likeness (QED) is 0.0349. The number of esters is 3.